The molecule has 2 rings (SSSR count). The lowest BCUT2D eigenvalue weighted by molar-refractivity contribution is 0.431. The summed E-state index contributed by atoms with van der Waals surface area (Å²) in [6, 6.07) is 0. The standard InChI is InChI=1S/C11H13OSi/c1-12-13(10-6-2-3-7-10)11-8-4-5-9-11/h2-6,8H,7,9H2,1H3. The molecule has 2 heteroatoms. The van der Waals surface area contributed by atoms with Crippen molar-refractivity contribution in [2.75, 3.05) is 7.11 Å². The highest BCUT2D eigenvalue weighted by Crippen LogP contribution is 2.23. The van der Waals surface area contributed by atoms with E-state index < -0.39 is 9.04 Å². The topological polar surface area (TPSA) is 9.23 Å². The smallest absolute Gasteiger partial charge is 0.274 e. The van der Waals surface area contributed by atoms with Crippen LogP contribution >= 0.6 is 0 Å². The van der Waals surface area contributed by atoms with Gasteiger partial charge in [-0.05, 0) is 23.2 Å². The van der Waals surface area contributed by atoms with E-state index in [1.165, 1.54) is 10.4 Å². The molecule has 0 saturated heterocycles. The highest BCUT2D eigenvalue weighted by molar-refractivity contribution is 6.68. The molecule has 0 bridgehead atoms. The minimum absolute atomic E-state index is 0.842. The molecular formula is C11H13OSi. The third kappa shape index (κ3) is 1.74. The molecule has 0 saturated carbocycles. The molecule has 0 aromatic rings. The first-order valence-corrected chi connectivity index (χ1v) is 5.95. The molecule has 0 fully saturated rings. The zero-order chi connectivity index (χ0) is 9.10. The molecule has 0 aromatic carbocycles. The minimum Gasteiger partial charge on any atom is -0.411 e. The molecule has 2 aliphatic rings. The summed E-state index contributed by atoms with van der Waals surface area (Å²) in [7, 11) is 0.984. The Labute approximate surface area is 80.8 Å². The summed E-state index contributed by atoms with van der Waals surface area (Å²) in [5, 5.41) is 2.95. The summed E-state index contributed by atoms with van der Waals surface area (Å²) in [6.07, 6.45) is 15.2. The Morgan fingerprint density at radius 1 is 1.08 bits per heavy atom. The molecule has 13 heavy (non-hydrogen) atoms. The highest BCUT2D eigenvalue weighted by atomic mass is 28.3. The lowest BCUT2D eigenvalue weighted by Crippen LogP contribution is -2.21. The Hall–Kier alpha value is -0.863. The minimum atomic E-state index is -0.842. The molecule has 0 atom stereocenters. The van der Waals surface area contributed by atoms with Crippen LogP contribution in [-0.4, -0.2) is 16.2 Å². The van der Waals surface area contributed by atoms with Gasteiger partial charge < -0.3 is 4.43 Å². The second kappa shape index (κ2) is 3.90. The largest absolute Gasteiger partial charge is 0.411 e. The fraction of sp³-hybridized carbons (Fsp3) is 0.273. The van der Waals surface area contributed by atoms with Crippen LogP contribution in [-0.2, 0) is 4.43 Å². The van der Waals surface area contributed by atoms with Gasteiger partial charge in [0.1, 0.15) is 0 Å². The van der Waals surface area contributed by atoms with Crippen molar-refractivity contribution in [1.82, 2.24) is 0 Å². The van der Waals surface area contributed by atoms with Gasteiger partial charge >= 0.3 is 0 Å². The molecule has 67 valence electrons. The van der Waals surface area contributed by atoms with Crippen molar-refractivity contribution in [2.24, 2.45) is 0 Å². The van der Waals surface area contributed by atoms with Gasteiger partial charge in [0.2, 0.25) is 0 Å². The van der Waals surface area contributed by atoms with Gasteiger partial charge in [0.15, 0.2) is 0 Å². The Kier molecular flexibility index (Phi) is 2.61. The van der Waals surface area contributed by atoms with E-state index >= 15 is 0 Å². The summed E-state index contributed by atoms with van der Waals surface area (Å²) < 4.78 is 5.60. The van der Waals surface area contributed by atoms with Gasteiger partial charge in [-0.1, -0.05) is 36.5 Å². The second-order valence-electron chi connectivity index (χ2n) is 3.18. The lowest BCUT2D eigenvalue weighted by atomic mass is 10.5. The van der Waals surface area contributed by atoms with Crippen LogP contribution in [0.1, 0.15) is 12.8 Å². The molecule has 0 aromatic heterocycles. The Morgan fingerprint density at radius 2 is 1.62 bits per heavy atom. The fourth-order valence-electron chi connectivity index (χ4n) is 1.70. The first-order chi connectivity index (χ1) is 6.42. The Morgan fingerprint density at radius 3 is 1.92 bits per heavy atom. The molecule has 1 radical (unpaired) electrons. The SMILES string of the molecule is CO[Si](C1=CC=CC1)C1=CC=CC1. The first kappa shape index (κ1) is 8.72. The summed E-state index contributed by atoms with van der Waals surface area (Å²) in [4.78, 5) is 0. The zero-order valence-electron chi connectivity index (χ0n) is 7.79. The van der Waals surface area contributed by atoms with E-state index in [2.05, 4.69) is 36.5 Å². The average molecular weight is 189 g/mol. The first-order valence-electron chi connectivity index (χ1n) is 4.55. The van der Waals surface area contributed by atoms with Crippen molar-refractivity contribution >= 4 is 9.04 Å². The average Bonchev–Trinajstić information content (AvgIpc) is 2.76. The van der Waals surface area contributed by atoms with Crippen LogP contribution in [0.3, 0.4) is 0 Å². The van der Waals surface area contributed by atoms with Crippen LogP contribution in [0.25, 0.3) is 0 Å². The van der Waals surface area contributed by atoms with Crippen molar-refractivity contribution in [3.8, 4) is 0 Å². The van der Waals surface area contributed by atoms with Gasteiger partial charge in [0.05, 0.1) is 0 Å². The van der Waals surface area contributed by atoms with Gasteiger partial charge in [-0.3, -0.25) is 0 Å². The predicted octanol–water partition coefficient (Wildman–Crippen LogP) is 2.48. The number of allylic oxidation sites excluding steroid dienone is 8. The molecule has 0 heterocycles. The monoisotopic (exact) mass is 189 g/mol. The van der Waals surface area contributed by atoms with E-state index in [4.69, 9.17) is 4.43 Å². The summed E-state index contributed by atoms with van der Waals surface area (Å²) in [6.45, 7) is 0. The number of hydrogen-bond acceptors (Lipinski definition) is 1. The van der Waals surface area contributed by atoms with E-state index in [-0.39, 0.29) is 0 Å². The maximum Gasteiger partial charge on any atom is 0.274 e. The van der Waals surface area contributed by atoms with Crippen LogP contribution in [0.4, 0.5) is 0 Å². The van der Waals surface area contributed by atoms with Gasteiger partial charge in [-0.2, -0.15) is 0 Å². The third-order valence-corrected chi connectivity index (χ3v) is 4.65. The van der Waals surface area contributed by atoms with Crippen LogP contribution in [0.2, 0.25) is 0 Å². The van der Waals surface area contributed by atoms with Crippen molar-refractivity contribution in [3.05, 3.63) is 46.8 Å². The van der Waals surface area contributed by atoms with E-state index in [9.17, 15) is 0 Å². The van der Waals surface area contributed by atoms with Gasteiger partial charge in [0, 0.05) is 7.11 Å². The van der Waals surface area contributed by atoms with Gasteiger partial charge in [-0.25, -0.2) is 0 Å². The van der Waals surface area contributed by atoms with Crippen LogP contribution in [0.15, 0.2) is 46.8 Å². The number of rotatable bonds is 3. The van der Waals surface area contributed by atoms with E-state index in [1.807, 2.05) is 7.11 Å². The van der Waals surface area contributed by atoms with Gasteiger partial charge in [-0.15, -0.1) is 0 Å². The van der Waals surface area contributed by atoms with E-state index in [0.29, 0.717) is 0 Å². The lowest BCUT2D eigenvalue weighted by Gasteiger charge is -2.14. The second-order valence-corrected chi connectivity index (χ2v) is 5.53. The quantitative estimate of drug-likeness (QED) is 0.620. The maximum atomic E-state index is 5.60. The molecule has 0 amide bonds. The van der Waals surface area contributed by atoms with Gasteiger partial charge in [0.25, 0.3) is 9.04 Å². The van der Waals surface area contributed by atoms with E-state index in [1.54, 1.807) is 0 Å². The molecule has 0 aliphatic heterocycles. The molecule has 0 spiro atoms. The van der Waals surface area contributed by atoms with Crippen LogP contribution < -0.4 is 0 Å². The summed E-state index contributed by atoms with van der Waals surface area (Å²) >= 11 is 0. The summed E-state index contributed by atoms with van der Waals surface area (Å²) in [5.74, 6) is 0. The number of hydrogen-bond donors (Lipinski definition) is 0. The fourth-order valence-corrected chi connectivity index (χ4v) is 3.74. The normalized spacial score (nSPS) is 19.8. The van der Waals surface area contributed by atoms with Crippen LogP contribution in [0.5, 0.6) is 0 Å². The molecule has 1 nitrogen and oxygen atoms in total. The summed E-state index contributed by atoms with van der Waals surface area (Å²) in [5.41, 5.74) is 0. The van der Waals surface area contributed by atoms with Crippen molar-refractivity contribution in [2.45, 2.75) is 12.8 Å². The van der Waals surface area contributed by atoms with Crippen LogP contribution in [0, 0.1) is 0 Å². The molecule has 2 aliphatic carbocycles. The molecule has 0 N–H and O–H groups in total. The van der Waals surface area contributed by atoms with Crippen molar-refractivity contribution in [3.63, 3.8) is 0 Å². The Bertz CT molecular complexity index is 280. The third-order valence-electron chi connectivity index (χ3n) is 2.33. The Balaban J connectivity index is 2.09. The predicted molar refractivity (Wildman–Crippen MR) is 56.4 cm³/mol. The van der Waals surface area contributed by atoms with Crippen molar-refractivity contribution < 1.29 is 4.43 Å². The zero-order valence-corrected chi connectivity index (χ0v) is 8.79. The highest BCUT2D eigenvalue weighted by Gasteiger charge is 2.23. The van der Waals surface area contributed by atoms with E-state index in [0.717, 1.165) is 12.8 Å². The maximum absolute atomic E-state index is 5.60. The van der Waals surface area contributed by atoms with Crippen molar-refractivity contribution in [1.29, 1.82) is 0 Å². The molecule has 0 unspecified atom stereocenters. The molecular weight excluding hydrogens is 176 g/mol.